The average Bonchev–Trinajstić information content (AvgIpc) is 2.86. The number of nitrogens with one attached hydrogen (secondary N) is 1. The van der Waals surface area contributed by atoms with Crippen LogP contribution in [0.5, 0.6) is 0 Å². The number of rotatable bonds is 4. The minimum Gasteiger partial charge on any atom is -0.356 e. The highest BCUT2D eigenvalue weighted by atomic mass is 16.2. The standard InChI is InChI=1S/C19H26N2O/c1-4-7-18(22)21-11-10-15-14-8-5-6-9-16(14)20-19(15)17(21)12-13(2)3/h5-6,8-9,13,17,20H,4,7,10-12H2,1-3H3. The van der Waals surface area contributed by atoms with Gasteiger partial charge in [-0.25, -0.2) is 0 Å². The molecule has 0 bridgehead atoms. The van der Waals surface area contributed by atoms with Gasteiger partial charge in [0, 0.05) is 29.6 Å². The van der Waals surface area contributed by atoms with Gasteiger partial charge in [0.2, 0.25) is 5.91 Å². The van der Waals surface area contributed by atoms with Crippen LogP contribution in [0.4, 0.5) is 0 Å². The van der Waals surface area contributed by atoms with Gasteiger partial charge in [-0.3, -0.25) is 4.79 Å². The predicted molar refractivity (Wildman–Crippen MR) is 90.8 cm³/mol. The number of H-pyrrole nitrogens is 1. The van der Waals surface area contributed by atoms with Gasteiger partial charge in [0.25, 0.3) is 0 Å². The summed E-state index contributed by atoms with van der Waals surface area (Å²) >= 11 is 0. The minimum atomic E-state index is 0.204. The van der Waals surface area contributed by atoms with E-state index in [0.29, 0.717) is 18.2 Å². The van der Waals surface area contributed by atoms with E-state index in [1.807, 2.05) is 0 Å². The fraction of sp³-hybridized carbons (Fsp3) is 0.526. The number of amides is 1. The molecule has 0 fully saturated rings. The number of aromatic amines is 1. The molecule has 3 rings (SSSR count). The smallest absolute Gasteiger partial charge is 0.223 e. The van der Waals surface area contributed by atoms with Crippen molar-refractivity contribution < 1.29 is 4.79 Å². The van der Waals surface area contributed by atoms with E-state index in [1.165, 1.54) is 22.2 Å². The van der Waals surface area contributed by atoms with Crippen molar-refractivity contribution in [2.75, 3.05) is 6.54 Å². The van der Waals surface area contributed by atoms with E-state index >= 15 is 0 Å². The molecule has 1 N–H and O–H groups in total. The van der Waals surface area contributed by atoms with Crippen LogP contribution in [0, 0.1) is 5.92 Å². The molecule has 118 valence electrons. The summed E-state index contributed by atoms with van der Waals surface area (Å²) in [5, 5.41) is 1.33. The fourth-order valence-electron chi connectivity index (χ4n) is 3.67. The van der Waals surface area contributed by atoms with Crippen molar-refractivity contribution in [2.24, 2.45) is 5.92 Å². The van der Waals surface area contributed by atoms with E-state index in [4.69, 9.17) is 0 Å². The molecule has 22 heavy (non-hydrogen) atoms. The maximum absolute atomic E-state index is 12.5. The monoisotopic (exact) mass is 298 g/mol. The summed E-state index contributed by atoms with van der Waals surface area (Å²) in [6.07, 6.45) is 3.56. The Balaban J connectivity index is 2.03. The molecule has 1 amide bonds. The van der Waals surface area contributed by atoms with E-state index < -0.39 is 0 Å². The van der Waals surface area contributed by atoms with Gasteiger partial charge >= 0.3 is 0 Å². The molecule has 0 saturated carbocycles. The first-order chi connectivity index (χ1) is 10.6. The van der Waals surface area contributed by atoms with Crippen molar-refractivity contribution in [3.63, 3.8) is 0 Å². The highest BCUT2D eigenvalue weighted by Crippen LogP contribution is 2.38. The highest BCUT2D eigenvalue weighted by molar-refractivity contribution is 5.86. The van der Waals surface area contributed by atoms with E-state index in [-0.39, 0.29) is 6.04 Å². The number of fused-ring (bicyclic) bond motifs is 3. The Morgan fingerprint density at radius 3 is 2.86 bits per heavy atom. The lowest BCUT2D eigenvalue weighted by molar-refractivity contribution is -0.134. The molecule has 1 atom stereocenters. The molecule has 1 aromatic carbocycles. The van der Waals surface area contributed by atoms with Crippen molar-refractivity contribution in [3.05, 3.63) is 35.5 Å². The number of benzene rings is 1. The number of para-hydroxylation sites is 1. The molecule has 0 radical (unpaired) electrons. The molecule has 1 unspecified atom stereocenters. The Kier molecular flexibility index (Phi) is 4.23. The second kappa shape index (κ2) is 6.15. The molecule has 1 aromatic heterocycles. The predicted octanol–water partition coefficient (Wildman–Crippen LogP) is 4.44. The molecule has 1 aliphatic rings. The molecule has 0 saturated heterocycles. The SMILES string of the molecule is CCCC(=O)N1CCc2c([nH]c3ccccc23)C1CC(C)C. The lowest BCUT2D eigenvalue weighted by atomic mass is 9.91. The Bertz CT molecular complexity index is 671. The number of aromatic nitrogens is 1. The summed E-state index contributed by atoms with van der Waals surface area (Å²) in [5.41, 5.74) is 3.89. The van der Waals surface area contributed by atoms with Gasteiger partial charge in [0.1, 0.15) is 0 Å². The number of nitrogens with zero attached hydrogens (tertiary/aromatic N) is 1. The van der Waals surface area contributed by atoms with Crippen LogP contribution in [0.15, 0.2) is 24.3 Å². The third-order valence-electron chi connectivity index (χ3n) is 4.64. The molecule has 0 aliphatic carbocycles. The Morgan fingerprint density at radius 1 is 1.36 bits per heavy atom. The number of hydrogen-bond donors (Lipinski definition) is 1. The Hall–Kier alpha value is -1.77. The maximum Gasteiger partial charge on any atom is 0.223 e. The number of hydrogen-bond acceptors (Lipinski definition) is 1. The molecule has 0 spiro atoms. The van der Waals surface area contributed by atoms with E-state index in [1.54, 1.807) is 0 Å². The fourth-order valence-corrected chi connectivity index (χ4v) is 3.67. The molecule has 1 aliphatic heterocycles. The summed E-state index contributed by atoms with van der Waals surface area (Å²) in [6.45, 7) is 7.40. The first-order valence-electron chi connectivity index (χ1n) is 8.50. The van der Waals surface area contributed by atoms with Crippen molar-refractivity contribution >= 4 is 16.8 Å². The van der Waals surface area contributed by atoms with Crippen molar-refractivity contribution in [1.82, 2.24) is 9.88 Å². The third-order valence-corrected chi connectivity index (χ3v) is 4.64. The van der Waals surface area contributed by atoms with Gasteiger partial charge in [0.15, 0.2) is 0 Å². The first kappa shape index (κ1) is 15.1. The van der Waals surface area contributed by atoms with E-state index in [2.05, 4.69) is 54.9 Å². The Labute approximate surface area is 132 Å². The normalized spacial score (nSPS) is 18.0. The van der Waals surface area contributed by atoms with E-state index in [9.17, 15) is 4.79 Å². The van der Waals surface area contributed by atoms with Crippen LogP contribution in [-0.4, -0.2) is 22.3 Å². The van der Waals surface area contributed by atoms with Crippen molar-refractivity contribution in [3.8, 4) is 0 Å². The molecule has 2 heterocycles. The summed E-state index contributed by atoms with van der Waals surface area (Å²) in [7, 11) is 0. The molecular weight excluding hydrogens is 272 g/mol. The van der Waals surface area contributed by atoms with Crippen LogP contribution in [0.25, 0.3) is 10.9 Å². The topological polar surface area (TPSA) is 36.1 Å². The molecule has 3 nitrogen and oxygen atoms in total. The quantitative estimate of drug-likeness (QED) is 0.890. The van der Waals surface area contributed by atoms with Crippen LogP contribution < -0.4 is 0 Å². The second-order valence-corrected chi connectivity index (χ2v) is 6.80. The molecule has 3 heteroatoms. The van der Waals surface area contributed by atoms with Gasteiger partial charge in [-0.05, 0) is 36.8 Å². The van der Waals surface area contributed by atoms with Gasteiger partial charge in [-0.2, -0.15) is 0 Å². The number of carbonyl (C=O) groups excluding carboxylic acids is 1. The van der Waals surface area contributed by atoms with Gasteiger partial charge in [-0.15, -0.1) is 0 Å². The lowest BCUT2D eigenvalue weighted by Crippen LogP contribution is -2.40. The van der Waals surface area contributed by atoms with Crippen molar-refractivity contribution in [2.45, 2.75) is 52.5 Å². The van der Waals surface area contributed by atoms with Crippen LogP contribution in [-0.2, 0) is 11.2 Å². The lowest BCUT2D eigenvalue weighted by Gasteiger charge is -2.37. The van der Waals surface area contributed by atoms with Gasteiger partial charge < -0.3 is 9.88 Å². The van der Waals surface area contributed by atoms with E-state index in [0.717, 1.165) is 25.8 Å². The minimum absolute atomic E-state index is 0.204. The van der Waals surface area contributed by atoms with Crippen LogP contribution in [0.1, 0.15) is 57.3 Å². The zero-order valence-corrected chi connectivity index (χ0v) is 13.9. The second-order valence-electron chi connectivity index (χ2n) is 6.80. The molecular formula is C19H26N2O. The summed E-state index contributed by atoms with van der Waals surface area (Å²) < 4.78 is 0. The van der Waals surface area contributed by atoms with Crippen LogP contribution >= 0.6 is 0 Å². The zero-order chi connectivity index (χ0) is 15.7. The van der Waals surface area contributed by atoms with Gasteiger partial charge in [-0.1, -0.05) is 39.0 Å². The van der Waals surface area contributed by atoms with Crippen LogP contribution in [0.3, 0.4) is 0 Å². The number of carbonyl (C=O) groups is 1. The summed E-state index contributed by atoms with van der Waals surface area (Å²) in [4.78, 5) is 18.2. The first-order valence-corrected chi connectivity index (χ1v) is 8.50. The summed E-state index contributed by atoms with van der Waals surface area (Å²) in [5.74, 6) is 0.872. The average molecular weight is 298 g/mol. The maximum atomic E-state index is 12.5. The molecule has 2 aromatic rings. The largest absolute Gasteiger partial charge is 0.356 e. The van der Waals surface area contributed by atoms with Crippen molar-refractivity contribution in [1.29, 1.82) is 0 Å². The van der Waals surface area contributed by atoms with Crippen LogP contribution in [0.2, 0.25) is 0 Å². The Morgan fingerprint density at radius 2 is 2.14 bits per heavy atom. The summed E-state index contributed by atoms with van der Waals surface area (Å²) in [6, 6.07) is 8.71. The highest BCUT2D eigenvalue weighted by Gasteiger charge is 2.33. The zero-order valence-electron chi connectivity index (χ0n) is 13.9. The van der Waals surface area contributed by atoms with Gasteiger partial charge in [0.05, 0.1) is 6.04 Å². The third kappa shape index (κ3) is 2.65.